The molecular formula is C23H29N3O3. The van der Waals surface area contributed by atoms with Crippen molar-refractivity contribution in [1.29, 1.82) is 0 Å². The summed E-state index contributed by atoms with van der Waals surface area (Å²) in [7, 11) is 0. The molecule has 0 N–H and O–H groups in total. The molecular weight excluding hydrogens is 366 g/mol. The van der Waals surface area contributed by atoms with E-state index in [1.165, 1.54) is 0 Å². The number of ether oxygens (including phenoxy) is 1. The van der Waals surface area contributed by atoms with Crippen molar-refractivity contribution in [2.24, 2.45) is 0 Å². The number of amides is 2. The second-order valence-corrected chi connectivity index (χ2v) is 7.64. The van der Waals surface area contributed by atoms with Gasteiger partial charge in [-0.05, 0) is 43.0 Å². The van der Waals surface area contributed by atoms with Gasteiger partial charge in [0, 0.05) is 32.4 Å². The van der Waals surface area contributed by atoms with Gasteiger partial charge >= 0.3 is 0 Å². The molecule has 1 saturated heterocycles. The number of hydrogen-bond donors (Lipinski definition) is 0. The van der Waals surface area contributed by atoms with E-state index in [0.29, 0.717) is 37.8 Å². The quantitative estimate of drug-likeness (QED) is 0.779. The fourth-order valence-corrected chi connectivity index (χ4v) is 3.55. The SMILES string of the molecule is CC(Oc1ccccc1C(C)C)C(=O)N1CCCN(C(=O)c2ccccn2)CC1. The topological polar surface area (TPSA) is 62.7 Å². The van der Waals surface area contributed by atoms with E-state index in [1.807, 2.05) is 30.3 Å². The molecule has 1 unspecified atom stereocenters. The summed E-state index contributed by atoms with van der Waals surface area (Å²) in [5, 5.41) is 0. The lowest BCUT2D eigenvalue weighted by Gasteiger charge is -2.26. The van der Waals surface area contributed by atoms with E-state index in [1.54, 1.807) is 35.1 Å². The molecule has 1 aliphatic rings. The Morgan fingerprint density at radius 3 is 2.34 bits per heavy atom. The largest absolute Gasteiger partial charge is 0.481 e. The summed E-state index contributed by atoms with van der Waals surface area (Å²) < 4.78 is 6.02. The van der Waals surface area contributed by atoms with Crippen LogP contribution in [0.4, 0.5) is 0 Å². The zero-order valence-corrected chi connectivity index (χ0v) is 17.4. The number of benzene rings is 1. The van der Waals surface area contributed by atoms with Gasteiger partial charge in [-0.3, -0.25) is 14.6 Å². The Kier molecular flexibility index (Phi) is 6.86. The summed E-state index contributed by atoms with van der Waals surface area (Å²) in [5.41, 5.74) is 1.53. The van der Waals surface area contributed by atoms with Crippen LogP contribution in [0.2, 0.25) is 0 Å². The number of aromatic nitrogens is 1. The van der Waals surface area contributed by atoms with Crippen molar-refractivity contribution < 1.29 is 14.3 Å². The Labute approximate surface area is 172 Å². The predicted molar refractivity (Wildman–Crippen MR) is 112 cm³/mol. The molecule has 1 aromatic carbocycles. The van der Waals surface area contributed by atoms with Crippen molar-refractivity contribution in [1.82, 2.24) is 14.8 Å². The van der Waals surface area contributed by atoms with E-state index in [2.05, 4.69) is 18.8 Å². The van der Waals surface area contributed by atoms with Crippen LogP contribution in [-0.4, -0.2) is 58.9 Å². The van der Waals surface area contributed by atoms with Crippen LogP contribution in [0.25, 0.3) is 0 Å². The summed E-state index contributed by atoms with van der Waals surface area (Å²) in [4.78, 5) is 33.3. The van der Waals surface area contributed by atoms with Gasteiger partial charge in [-0.2, -0.15) is 0 Å². The van der Waals surface area contributed by atoms with Crippen LogP contribution in [0.3, 0.4) is 0 Å². The summed E-state index contributed by atoms with van der Waals surface area (Å²) >= 11 is 0. The molecule has 29 heavy (non-hydrogen) atoms. The van der Waals surface area contributed by atoms with Crippen molar-refractivity contribution in [2.75, 3.05) is 26.2 Å². The Balaban J connectivity index is 1.61. The lowest BCUT2D eigenvalue weighted by Crippen LogP contribution is -2.43. The molecule has 1 aliphatic heterocycles. The number of para-hydroxylation sites is 1. The fraction of sp³-hybridized carbons (Fsp3) is 0.435. The van der Waals surface area contributed by atoms with Crippen LogP contribution >= 0.6 is 0 Å². The van der Waals surface area contributed by atoms with Gasteiger partial charge in [-0.1, -0.05) is 38.1 Å². The summed E-state index contributed by atoms with van der Waals surface area (Å²) in [6.07, 6.45) is 1.78. The van der Waals surface area contributed by atoms with Crippen LogP contribution in [0.15, 0.2) is 48.7 Å². The molecule has 3 rings (SSSR count). The standard InChI is InChI=1S/C23H29N3O3/c1-17(2)19-9-4-5-11-21(19)29-18(3)22(27)25-13-8-14-26(16-15-25)23(28)20-10-6-7-12-24-20/h4-7,9-12,17-18H,8,13-16H2,1-3H3. The summed E-state index contributed by atoms with van der Waals surface area (Å²) in [6.45, 7) is 8.23. The number of carbonyl (C=O) groups excluding carboxylic acids is 2. The van der Waals surface area contributed by atoms with Crippen molar-refractivity contribution in [3.8, 4) is 5.75 Å². The van der Waals surface area contributed by atoms with Crippen molar-refractivity contribution in [3.05, 3.63) is 59.9 Å². The molecule has 0 saturated carbocycles. The third-order valence-electron chi connectivity index (χ3n) is 5.17. The molecule has 1 fully saturated rings. The average molecular weight is 396 g/mol. The van der Waals surface area contributed by atoms with Crippen molar-refractivity contribution in [3.63, 3.8) is 0 Å². The highest BCUT2D eigenvalue weighted by atomic mass is 16.5. The second-order valence-electron chi connectivity index (χ2n) is 7.64. The Morgan fingerprint density at radius 2 is 1.62 bits per heavy atom. The molecule has 0 aliphatic carbocycles. The van der Waals surface area contributed by atoms with E-state index in [9.17, 15) is 9.59 Å². The Bertz CT molecular complexity index is 838. The molecule has 154 valence electrons. The predicted octanol–water partition coefficient (Wildman–Crippen LogP) is 3.35. The first-order valence-corrected chi connectivity index (χ1v) is 10.2. The highest BCUT2D eigenvalue weighted by Crippen LogP contribution is 2.27. The molecule has 1 aromatic heterocycles. The number of hydrogen-bond acceptors (Lipinski definition) is 4. The minimum Gasteiger partial charge on any atom is -0.481 e. The van der Waals surface area contributed by atoms with Gasteiger partial charge < -0.3 is 14.5 Å². The first-order chi connectivity index (χ1) is 14.0. The number of pyridine rings is 1. The third kappa shape index (κ3) is 5.13. The lowest BCUT2D eigenvalue weighted by atomic mass is 10.0. The lowest BCUT2D eigenvalue weighted by molar-refractivity contribution is -0.137. The van der Waals surface area contributed by atoms with Crippen LogP contribution in [-0.2, 0) is 4.79 Å². The molecule has 2 heterocycles. The van der Waals surface area contributed by atoms with E-state index >= 15 is 0 Å². The smallest absolute Gasteiger partial charge is 0.272 e. The molecule has 1 atom stereocenters. The van der Waals surface area contributed by atoms with Crippen LogP contribution < -0.4 is 4.74 Å². The van der Waals surface area contributed by atoms with Gasteiger partial charge in [0.2, 0.25) is 0 Å². The first-order valence-electron chi connectivity index (χ1n) is 10.2. The van der Waals surface area contributed by atoms with Gasteiger partial charge in [0.15, 0.2) is 6.10 Å². The third-order valence-corrected chi connectivity index (χ3v) is 5.17. The van der Waals surface area contributed by atoms with Crippen LogP contribution in [0.5, 0.6) is 5.75 Å². The van der Waals surface area contributed by atoms with Crippen molar-refractivity contribution in [2.45, 2.75) is 39.2 Å². The van der Waals surface area contributed by atoms with E-state index < -0.39 is 6.10 Å². The van der Waals surface area contributed by atoms with Crippen molar-refractivity contribution >= 4 is 11.8 Å². The Morgan fingerprint density at radius 1 is 0.931 bits per heavy atom. The van der Waals surface area contributed by atoms with Crippen LogP contribution in [0.1, 0.15) is 49.2 Å². The summed E-state index contributed by atoms with van der Waals surface area (Å²) in [5.74, 6) is 0.939. The number of rotatable bonds is 5. The Hall–Kier alpha value is -2.89. The molecule has 6 heteroatoms. The normalized spacial score (nSPS) is 15.7. The van der Waals surface area contributed by atoms with E-state index in [0.717, 1.165) is 17.7 Å². The highest BCUT2D eigenvalue weighted by Gasteiger charge is 2.27. The molecule has 2 amide bonds. The van der Waals surface area contributed by atoms with Crippen LogP contribution in [0, 0.1) is 0 Å². The molecule has 6 nitrogen and oxygen atoms in total. The second kappa shape index (κ2) is 9.54. The molecule has 0 spiro atoms. The zero-order chi connectivity index (χ0) is 20.8. The maximum absolute atomic E-state index is 13.0. The summed E-state index contributed by atoms with van der Waals surface area (Å²) in [6, 6.07) is 13.2. The minimum atomic E-state index is -0.576. The van der Waals surface area contributed by atoms with Gasteiger partial charge in [0.1, 0.15) is 11.4 Å². The van der Waals surface area contributed by atoms with Gasteiger partial charge in [0.05, 0.1) is 0 Å². The zero-order valence-electron chi connectivity index (χ0n) is 17.4. The molecule has 0 radical (unpaired) electrons. The highest BCUT2D eigenvalue weighted by molar-refractivity contribution is 5.92. The van der Waals surface area contributed by atoms with Gasteiger partial charge in [-0.15, -0.1) is 0 Å². The van der Waals surface area contributed by atoms with Gasteiger partial charge in [0.25, 0.3) is 11.8 Å². The van der Waals surface area contributed by atoms with E-state index in [4.69, 9.17) is 4.74 Å². The minimum absolute atomic E-state index is 0.0457. The molecule has 2 aromatic rings. The fourth-order valence-electron chi connectivity index (χ4n) is 3.55. The average Bonchev–Trinajstić information content (AvgIpc) is 2.99. The first kappa shape index (κ1) is 20.8. The maximum Gasteiger partial charge on any atom is 0.272 e. The number of carbonyl (C=O) groups is 2. The maximum atomic E-state index is 13.0. The monoisotopic (exact) mass is 395 g/mol. The van der Waals surface area contributed by atoms with E-state index in [-0.39, 0.29) is 11.8 Å². The molecule has 0 bridgehead atoms. The van der Waals surface area contributed by atoms with Gasteiger partial charge in [-0.25, -0.2) is 0 Å². The number of nitrogens with zero attached hydrogens (tertiary/aromatic N) is 3.